The van der Waals surface area contributed by atoms with Gasteiger partial charge in [0.05, 0.1) is 5.92 Å². The van der Waals surface area contributed by atoms with Gasteiger partial charge in [-0.1, -0.05) is 6.07 Å². The zero-order valence-corrected chi connectivity index (χ0v) is 13.9. The van der Waals surface area contributed by atoms with Crippen molar-refractivity contribution < 1.29 is 9.59 Å². The molecule has 23 heavy (non-hydrogen) atoms. The highest BCUT2D eigenvalue weighted by molar-refractivity contribution is 5.89. The van der Waals surface area contributed by atoms with E-state index in [4.69, 9.17) is 0 Å². The Balaban J connectivity index is 1.60. The Labute approximate surface area is 137 Å². The average Bonchev–Trinajstić information content (AvgIpc) is 2.92. The molecule has 1 saturated heterocycles. The van der Waals surface area contributed by atoms with E-state index >= 15 is 0 Å². The van der Waals surface area contributed by atoms with Gasteiger partial charge in [0, 0.05) is 57.5 Å². The molecule has 1 fully saturated rings. The predicted molar refractivity (Wildman–Crippen MR) is 86.6 cm³/mol. The van der Waals surface area contributed by atoms with Crippen LogP contribution >= 0.6 is 0 Å². The van der Waals surface area contributed by atoms with Gasteiger partial charge in [-0.05, 0) is 25.7 Å². The number of pyridine rings is 1. The molecule has 1 aromatic rings. The van der Waals surface area contributed by atoms with Crippen LogP contribution in [-0.2, 0) is 22.6 Å². The second-order valence-electron chi connectivity index (χ2n) is 6.66. The lowest BCUT2D eigenvalue weighted by Gasteiger charge is -2.30. The third-order valence-corrected chi connectivity index (χ3v) is 4.66. The molecule has 0 N–H and O–H groups in total. The first-order valence-corrected chi connectivity index (χ1v) is 8.18. The number of hydrogen-bond acceptors (Lipinski definition) is 4. The van der Waals surface area contributed by atoms with E-state index in [9.17, 15) is 9.59 Å². The van der Waals surface area contributed by atoms with Gasteiger partial charge < -0.3 is 14.7 Å². The number of carbonyl (C=O) groups excluding carboxylic acids is 2. The van der Waals surface area contributed by atoms with Gasteiger partial charge in [0.2, 0.25) is 11.8 Å². The van der Waals surface area contributed by atoms with Crippen LogP contribution in [0.4, 0.5) is 0 Å². The number of likely N-dealkylation sites (N-methyl/N-ethyl adjacent to an activating group) is 1. The first-order valence-electron chi connectivity index (χ1n) is 8.18. The molecule has 0 aromatic carbocycles. The predicted octanol–water partition coefficient (Wildman–Crippen LogP) is 0.376. The van der Waals surface area contributed by atoms with Crippen molar-refractivity contribution in [3.05, 3.63) is 29.6 Å². The Morgan fingerprint density at radius 1 is 1.43 bits per heavy atom. The molecular formula is C17H24N4O2. The highest BCUT2D eigenvalue weighted by atomic mass is 16.2. The van der Waals surface area contributed by atoms with Crippen LogP contribution in [0, 0.1) is 5.92 Å². The number of hydrogen-bond donors (Lipinski definition) is 0. The maximum atomic E-state index is 12.8. The molecule has 2 amide bonds. The maximum Gasteiger partial charge on any atom is 0.228 e. The van der Waals surface area contributed by atoms with Crippen LogP contribution in [0.15, 0.2) is 18.3 Å². The Kier molecular flexibility index (Phi) is 4.61. The second kappa shape index (κ2) is 6.66. The summed E-state index contributed by atoms with van der Waals surface area (Å²) in [5, 5.41) is 0. The van der Waals surface area contributed by atoms with Gasteiger partial charge >= 0.3 is 0 Å². The van der Waals surface area contributed by atoms with E-state index in [1.54, 1.807) is 6.20 Å². The van der Waals surface area contributed by atoms with Crippen molar-refractivity contribution in [1.82, 2.24) is 19.7 Å². The summed E-state index contributed by atoms with van der Waals surface area (Å²) in [6.07, 6.45) is 2.95. The van der Waals surface area contributed by atoms with Crippen LogP contribution in [-0.4, -0.2) is 71.8 Å². The minimum atomic E-state index is -0.192. The molecule has 1 aromatic heterocycles. The molecule has 6 heteroatoms. The summed E-state index contributed by atoms with van der Waals surface area (Å²) >= 11 is 0. The fourth-order valence-corrected chi connectivity index (χ4v) is 3.29. The zero-order chi connectivity index (χ0) is 16.4. The first-order chi connectivity index (χ1) is 11.0. The lowest BCUT2D eigenvalue weighted by atomic mass is 10.0. The molecule has 0 radical (unpaired) electrons. The van der Waals surface area contributed by atoms with E-state index < -0.39 is 0 Å². The van der Waals surface area contributed by atoms with Crippen LogP contribution in [0.2, 0.25) is 0 Å². The second-order valence-corrected chi connectivity index (χ2v) is 6.66. The fourth-order valence-electron chi connectivity index (χ4n) is 3.29. The normalized spacial score (nSPS) is 21.0. The SMILES string of the molecule is CN(C)CCN1CC(C(=O)N2CCc3ncccc3C2)CC1=O. The summed E-state index contributed by atoms with van der Waals surface area (Å²) in [5.74, 6) is 0.0207. The van der Waals surface area contributed by atoms with Crippen molar-refractivity contribution >= 4 is 11.8 Å². The van der Waals surface area contributed by atoms with E-state index in [0.29, 0.717) is 32.6 Å². The van der Waals surface area contributed by atoms with Crippen molar-refractivity contribution in [2.24, 2.45) is 5.92 Å². The van der Waals surface area contributed by atoms with Crippen molar-refractivity contribution in [3.8, 4) is 0 Å². The molecule has 1 unspecified atom stereocenters. The number of carbonyl (C=O) groups is 2. The number of amides is 2. The summed E-state index contributed by atoms with van der Waals surface area (Å²) in [6.45, 7) is 3.40. The van der Waals surface area contributed by atoms with E-state index in [-0.39, 0.29) is 17.7 Å². The standard InChI is InChI=1S/C17H24N4O2/c1-19(2)8-9-20-12-14(10-16(20)22)17(23)21-7-5-15-13(11-21)4-3-6-18-15/h3-4,6,14H,5,7-12H2,1-2H3. The molecule has 6 nitrogen and oxygen atoms in total. The third-order valence-electron chi connectivity index (χ3n) is 4.66. The van der Waals surface area contributed by atoms with Gasteiger partial charge in [0.15, 0.2) is 0 Å². The minimum Gasteiger partial charge on any atom is -0.341 e. The van der Waals surface area contributed by atoms with Crippen molar-refractivity contribution in [1.29, 1.82) is 0 Å². The van der Waals surface area contributed by atoms with Crippen LogP contribution in [0.5, 0.6) is 0 Å². The molecule has 3 rings (SSSR count). The topological polar surface area (TPSA) is 56.8 Å². The highest BCUT2D eigenvalue weighted by Crippen LogP contribution is 2.23. The van der Waals surface area contributed by atoms with Gasteiger partial charge in [-0.25, -0.2) is 0 Å². The average molecular weight is 316 g/mol. The molecule has 0 bridgehead atoms. The molecule has 0 spiro atoms. The largest absolute Gasteiger partial charge is 0.341 e. The highest BCUT2D eigenvalue weighted by Gasteiger charge is 2.37. The van der Waals surface area contributed by atoms with E-state index in [2.05, 4.69) is 9.88 Å². The third kappa shape index (κ3) is 3.52. The fraction of sp³-hybridized carbons (Fsp3) is 0.588. The van der Waals surface area contributed by atoms with E-state index in [1.807, 2.05) is 36.0 Å². The van der Waals surface area contributed by atoms with Crippen LogP contribution < -0.4 is 0 Å². The molecule has 2 aliphatic heterocycles. The van der Waals surface area contributed by atoms with Gasteiger partial charge in [0.1, 0.15) is 0 Å². The summed E-state index contributed by atoms with van der Waals surface area (Å²) in [5.41, 5.74) is 2.22. The number of aromatic nitrogens is 1. The number of likely N-dealkylation sites (tertiary alicyclic amines) is 1. The molecule has 2 aliphatic rings. The van der Waals surface area contributed by atoms with E-state index in [0.717, 1.165) is 24.2 Å². The van der Waals surface area contributed by atoms with Gasteiger partial charge in [0.25, 0.3) is 0 Å². The summed E-state index contributed by atoms with van der Waals surface area (Å²) < 4.78 is 0. The van der Waals surface area contributed by atoms with E-state index in [1.165, 1.54) is 0 Å². The number of fused-ring (bicyclic) bond motifs is 1. The van der Waals surface area contributed by atoms with Gasteiger partial charge in [-0.3, -0.25) is 14.6 Å². The monoisotopic (exact) mass is 316 g/mol. The smallest absolute Gasteiger partial charge is 0.228 e. The zero-order valence-electron chi connectivity index (χ0n) is 13.9. The Morgan fingerprint density at radius 3 is 3.04 bits per heavy atom. The maximum absolute atomic E-state index is 12.8. The van der Waals surface area contributed by atoms with Gasteiger partial charge in [-0.15, -0.1) is 0 Å². The van der Waals surface area contributed by atoms with Crippen LogP contribution in [0.25, 0.3) is 0 Å². The molecule has 0 saturated carbocycles. The van der Waals surface area contributed by atoms with Crippen molar-refractivity contribution in [3.63, 3.8) is 0 Å². The Morgan fingerprint density at radius 2 is 2.26 bits per heavy atom. The Bertz CT molecular complexity index is 602. The molecule has 3 heterocycles. The number of nitrogens with zero attached hydrogens (tertiary/aromatic N) is 4. The van der Waals surface area contributed by atoms with Gasteiger partial charge in [-0.2, -0.15) is 0 Å². The summed E-state index contributed by atoms with van der Waals surface area (Å²) in [7, 11) is 3.98. The number of rotatable bonds is 4. The summed E-state index contributed by atoms with van der Waals surface area (Å²) in [6, 6.07) is 3.94. The first kappa shape index (κ1) is 15.9. The minimum absolute atomic E-state index is 0.101. The Hall–Kier alpha value is -1.95. The van der Waals surface area contributed by atoms with Crippen molar-refractivity contribution in [2.75, 3.05) is 40.3 Å². The van der Waals surface area contributed by atoms with Crippen LogP contribution in [0.1, 0.15) is 17.7 Å². The molecule has 0 aliphatic carbocycles. The lowest BCUT2D eigenvalue weighted by Crippen LogP contribution is -2.41. The lowest BCUT2D eigenvalue weighted by molar-refractivity contribution is -0.136. The molecular weight excluding hydrogens is 292 g/mol. The van der Waals surface area contributed by atoms with Crippen molar-refractivity contribution in [2.45, 2.75) is 19.4 Å². The molecule has 1 atom stereocenters. The molecule has 124 valence electrons. The quantitative estimate of drug-likeness (QED) is 0.806. The van der Waals surface area contributed by atoms with Crippen LogP contribution in [0.3, 0.4) is 0 Å². The summed E-state index contributed by atoms with van der Waals surface area (Å²) in [4.78, 5) is 35.0.